The Morgan fingerprint density at radius 1 is 1.06 bits per heavy atom. The van der Waals surface area contributed by atoms with Crippen molar-refractivity contribution in [2.24, 2.45) is 23.7 Å². The lowest BCUT2D eigenvalue weighted by atomic mass is 9.47. The third kappa shape index (κ3) is 1.62. The topological polar surface area (TPSA) is 46.2 Å². The van der Waals surface area contributed by atoms with E-state index in [0.29, 0.717) is 5.92 Å². The number of hydrogen-bond acceptors (Lipinski definition) is 2. The summed E-state index contributed by atoms with van der Waals surface area (Å²) in [6.45, 7) is 3.28. The maximum atomic E-state index is 12.0. The minimum atomic E-state index is -0.188. The molecule has 4 fully saturated rings. The summed E-state index contributed by atoms with van der Waals surface area (Å²) in [6, 6.07) is 0. The highest BCUT2D eigenvalue weighted by Gasteiger charge is 2.58. The van der Waals surface area contributed by atoms with Crippen LogP contribution in [0.4, 0.5) is 0 Å². The number of Topliss-reactive ketones (excluding diaryl/α,β-unsaturated/α-hetero) is 1. The van der Waals surface area contributed by atoms with E-state index in [9.17, 15) is 9.59 Å². The Labute approximate surface area is 102 Å². The molecule has 0 saturated heterocycles. The lowest BCUT2D eigenvalue weighted by molar-refractivity contribution is -0.143. The van der Waals surface area contributed by atoms with Gasteiger partial charge in [0.2, 0.25) is 5.91 Å². The van der Waals surface area contributed by atoms with Gasteiger partial charge in [0.25, 0.3) is 0 Å². The molecule has 0 aromatic carbocycles. The van der Waals surface area contributed by atoms with Crippen LogP contribution in [0.3, 0.4) is 0 Å². The van der Waals surface area contributed by atoms with Gasteiger partial charge in [-0.1, -0.05) is 0 Å². The SMILES string of the molecule is CC(=O)NC12C[C@@H]3CC(C[C@@H](C3)C1)[C@H]2C(C)=O. The van der Waals surface area contributed by atoms with Crippen LogP contribution in [0.5, 0.6) is 0 Å². The van der Waals surface area contributed by atoms with Gasteiger partial charge in [0.1, 0.15) is 5.78 Å². The van der Waals surface area contributed by atoms with Crippen molar-refractivity contribution in [2.75, 3.05) is 0 Å². The van der Waals surface area contributed by atoms with Crippen LogP contribution in [0.2, 0.25) is 0 Å². The van der Waals surface area contributed by atoms with Crippen LogP contribution in [0.15, 0.2) is 0 Å². The summed E-state index contributed by atoms with van der Waals surface area (Å²) in [6.07, 6.45) is 5.81. The predicted molar refractivity (Wildman–Crippen MR) is 64.3 cm³/mol. The average molecular weight is 235 g/mol. The first-order valence-corrected chi connectivity index (χ1v) is 6.79. The van der Waals surface area contributed by atoms with E-state index in [1.165, 1.54) is 19.3 Å². The Kier molecular flexibility index (Phi) is 2.36. The van der Waals surface area contributed by atoms with Gasteiger partial charge in [0.05, 0.1) is 5.54 Å². The van der Waals surface area contributed by atoms with Crippen molar-refractivity contribution in [1.29, 1.82) is 0 Å². The molecule has 0 radical (unpaired) electrons. The third-order valence-electron chi connectivity index (χ3n) is 5.17. The number of ketones is 1. The first-order valence-electron chi connectivity index (χ1n) is 6.79. The van der Waals surface area contributed by atoms with Gasteiger partial charge in [-0.05, 0) is 56.8 Å². The lowest BCUT2D eigenvalue weighted by Gasteiger charge is -2.60. The van der Waals surface area contributed by atoms with Gasteiger partial charge < -0.3 is 5.32 Å². The number of carbonyl (C=O) groups is 2. The van der Waals surface area contributed by atoms with Crippen LogP contribution in [-0.4, -0.2) is 17.2 Å². The number of carbonyl (C=O) groups excluding carboxylic acids is 2. The molecule has 1 amide bonds. The fourth-order valence-corrected chi connectivity index (χ4v) is 5.29. The molecule has 0 heterocycles. The van der Waals surface area contributed by atoms with E-state index in [1.807, 2.05) is 0 Å². The van der Waals surface area contributed by atoms with E-state index in [1.54, 1.807) is 13.8 Å². The zero-order valence-corrected chi connectivity index (χ0v) is 10.7. The van der Waals surface area contributed by atoms with Crippen molar-refractivity contribution in [3.8, 4) is 0 Å². The molecule has 0 aromatic rings. The van der Waals surface area contributed by atoms with Gasteiger partial charge in [-0.3, -0.25) is 9.59 Å². The standard InChI is InChI=1S/C14H21NO2/c1-8(16)13-12-4-10-3-11(5-12)7-14(13,6-10)15-9(2)17/h10-13H,3-7H2,1-2H3,(H,15,17)/t10-,11+,12?,13-,14?/m1/s1. The maximum Gasteiger partial charge on any atom is 0.217 e. The Hall–Kier alpha value is -0.860. The molecule has 4 bridgehead atoms. The molecule has 4 aliphatic rings. The molecule has 0 aliphatic heterocycles. The van der Waals surface area contributed by atoms with Crippen molar-refractivity contribution >= 4 is 11.7 Å². The summed E-state index contributed by atoms with van der Waals surface area (Å²) in [5.74, 6) is 2.41. The number of rotatable bonds is 2. The van der Waals surface area contributed by atoms with Gasteiger partial charge in [0.15, 0.2) is 0 Å². The Morgan fingerprint density at radius 2 is 1.65 bits per heavy atom. The molecule has 0 spiro atoms. The Morgan fingerprint density at radius 3 is 2.12 bits per heavy atom. The average Bonchev–Trinajstić information content (AvgIpc) is 2.11. The van der Waals surface area contributed by atoms with Crippen molar-refractivity contribution < 1.29 is 9.59 Å². The largest absolute Gasteiger partial charge is 0.350 e. The molecular formula is C14H21NO2. The smallest absolute Gasteiger partial charge is 0.217 e. The quantitative estimate of drug-likeness (QED) is 0.794. The summed E-state index contributed by atoms with van der Waals surface area (Å²) >= 11 is 0. The van der Waals surface area contributed by atoms with Crippen molar-refractivity contribution in [3.05, 3.63) is 0 Å². The number of amides is 1. The fraction of sp³-hybridized carbons (Fsp3) is 0.857. The number of hydrogen-bond donors (Lipinski definition) is 1. The van der Waals surface area contributed by atoms with Crippen LogP contribution < -0.4 is 5.32 Å². The summed E-state index contributed by atoms with van der Waals surface area (Å²) in [5.41, 5.74) is -0.188. The summed E-state index contributed by atoms with van der Waals surface area (Å²) in [7, 11) is 0. The molecule has 94 valence electrons. The van der Waals surface area contributed by atoms with Crippen LogP contribution in [-0.2, 0) is 9.59 Å². The van der Waals surface area contributed by atoms with E-state index in [4.69, 9.17) is 0 Å². The van der Waals surface area contributed by atoms with Crippen molar-refractivity contribution in [1.82, 2.24) is 5.32 Å². The fourth-order valence-electron chi connectivity index (χ4n) is 5.29. The zero-order chi connectivity index (χ0) is 12.2. The third-order valence-corrected chi connectivity index (χ3v) is 5.17. The minimum Gasteiger partial charge on any atom is -0.350 e. The van der Waals surface area contributed by atoms with Gasteiger partial charge in [-0.2, -0.15) is 0 Å². The molecular weight excluding hydrogens is 214 g/mol. The van der Waals surface area contributed by atoms with Crippen LogP contribution >= 0.6 is 0 Å². The molecule has 4 rings (SSSR count). The Bertz CT molecular complexity index is 362. The summed E-state index contributed by atoms with van der Waals surface area (Å²) in [5, 5.41) is 3.16. The van der Waals surface area contributed by atoms with E-state index in [0.717, 1.165) is 24.7 Å². The van der Waals surface area contributed by atoms with Crippen molar-refractivity contribution in [2.45, 2.75) is 51.5 Å². The molecule has 17 heavy (non-hydrogen) atoms. The van der Waals surface area contributed by atoms with Crippen molar-refractivity contribution in [3.63, 3.8) is 0 Å². The summed E-state index contributed by atoms with van der Waals surface area (Å²) in [4.78, 5) is 23.4. The first-order chi connectivity index (χ1) is 8.00. The molecule has 3 nitrogen and oxygen atoms in total. The van der Waals surface area contributed by atoms with Gasteiger partial charge in [-0.25, -0.2) is 0 Å². The van der Waals surface area contributed by atoms with E-state index < -0.39 is 0 Å². The second-order valence-electron chi connectivity index (χ2n) is 6.53. The molecule has 0 aromatic heterocycles. The highest BCUT2D eigenvalue weighted by molar-refractivity contribution is 5.82. The maximum absolute atomic E-state index is 12.0. The minimum absolute atomic E-state index is 0.0261. The van der Waals surface area contributed by atoms with Crippen LogP contribution in [0.1, 0.15) is 46.0 Å². The van der Waals surface area contributed by atoms with E-state index in [-0.39, 0.29) is 23.1 Å². The second-order valence-corrected chi connectivity index (χ2v) is 6.53. The zero-order valence-electron chi connectivity index (χ0n) is 10.7. The van der Waals surface area contributed by atoms with Crippen LogP contribution in [0, 0.1) is 23.7 Å². The molecule has 4 saturated carbocycles. The highest BCUT2D eigenvalue weighted by Crippen LogP contribution is 2.58. The summed E-state index contributed by atoms with van der Waals surface area (Å²) < 4.78 is 0. The first kappa shape index (κ1) is 11.2. The van der Waals surface area contributed by atoms with Gasteiger partial charge in [-0.15, -0.1) is 0 Å². The lowest BCUT2D eigenvalue weighted by Crippen LogP contribution is -2.66. The molecule has 1 N–H and O–H groups in total. The normalized spacial score (nSPS) is 46.9. The van der Waals surface area contributed by atoms with Gasteiger partial charge in [0, 0.05) is 12.8 Å². The number of nitrogens with one attached hydrogen (secondary N) is 1. The highest BCUT2D eigenvalue weighted by atomic mass is 16.1. The Balaban J connectivity index is 1.97. The van der Waals surface area contributed by atoms with E-state index >= 15 is 0 Å². The van der Waals surface area contributed by atoms with E-state index in [2.05, 4.69) is 5.32 Å². The van der Waals surface area contributed by atoms with Crippen LogP contribution in [0.25, 0.3) is 0 Å². The molecule has 3 heteroatoms. The van der Waals surface area contributed by atoms with Gasteiger partial charge >= 0.3 is 0 Å². The molecule has 4 aliphatic carbocycles. The second kappa shape index (κ2) is 3.56. The molecule has 5 atom stereocenters. The monoisotopic (exact) mass is 235 g/mol. The predicted octanol–water partition coefficient (Wildman–Crippen LogP) is 1.91. The molecule has 2 unspecified atom stereocenters.